The van der Waals surface area contributed by atoms with Crippen LogP contribution in [0, 0.1) is 30.6 Å². The number of rotatable bonds is 5. The van der Waals surface area contributed by atoms with Crippen LogP contribution in [0.1, 0.15) is 41.0 Å². The Labute approximate surface area is 308 Å². The van der Waals surface area contributed by atoms with Gasteiger partial charge in [-0.3, -0.25) is 24.1 Å². The van der Waals surface area contributed by atoms with Gasteiger partial charge in [-0.2, -0.15) is 0 Å². The van der Waals surface area contributed by atoms with Crippen LogP contribution in [0.3, 0.4) is 0 Å². The number of phenols is 1. The molecule has 6 unspecified atom stereocenters. The van der Waals surface area contributed by atoms with Crippen LogP contribution >= 0.6 is 0 Å². The van der Waals surface area contributed by atoms with E-state index >= 15 is 9.59 Å². The Hall–Kier alpha value is -5.60. The van der Waals surface area contributed by atoms with Gasteiger partial charge in [0.05, 0.1) is 36.2 Å². The van der Waals surface area contributed by atoms with E-state index in [1.165, 1.54) is 11.0 Å². The summed E-state index contributed by atoms with van der Waals surface area (Å²) in [6, 6.07) is 31.8. The van der Waals surface area contributed by atoms with Gasteiger partial charge in [-0.15, -0.1) is 0 Å². The average molecular weight is 705 g/mol. The molecule has 2 saturated heterocycles. The molecule has 8 nitrogen and oxygen atoms in total. The zero-order valence-corrected chi connectivity index (χ0v) is 29.5. The number of carbonyl (C=O) groups excluding carboxylic acids is 4. The fourth-order valence-corrected chi connectivity index (χ4v) is 10.0. The highest BCUT2D eigenvalue weighted by Gasteiger charge is 2.66. The van der Waals surface area contributed by atoms with Gasteiger partial charge in [0.2, 0.25) is 11.8 Å². The highest BCUT2D eigenvalue weighted by atomic mass is 16.5. The molecular weight excluding hydrogens is 665 g/mol. The Morgan fingerprint density at radius 2 is 1.43 bits per heavy atom. The molecule has 4 aromatic rings. The zero-order valence-electron chi connectivity index (χ0n) is 29.5. The number of imide groups is 1. The summed E-state index contributed by atoms with van der Waals surface area (Å²) < 4.78 is 5.50. The van der Waals surface area contributed by atoms with Crippen molar-refractivity contribution < 1.29 is 29.0 Å². The van der Waals surface area contributed by atoms with Crippen LogP contribution in [-0.4, -0.2) is 54.8 Å². The summed E-state index contributed by atoms with van der Waals surface area (Å²) in [5.74, 6) is -4.34. The van der Waals surface area contributed by atoms with E-state index in [-0.39, 0.29) is 35.6 Å². The second kappa shape index (κ2) is 12.8. The summed E-state index contributed by atoms with van der Waals surface area (Å²) in [6.07, 6.45) is 4.06. The predicted molar refractivity (Wildman–Crippen MR) is 201 cm³/mol. The number of ether oxygens (including phenoxy) is 1. The maximum absolute atomic E-state index is 15.2. The summed E-state index contributed by atoms with van der Waals surface area (Å²) >= 11 is 0. The molecule has 53 heavy (non-hydrogen) atoms. The van der Waals surface area contributed by atoms with Crippen LogP contribution in [0.2, 0.25) is 0 Å². The van der Waals surface area contributed by atoms with Crippen molar-refractivity contribution in [2.24, 2.45) is 23.7 Å². The SMILES string of the molecule is Cc1cccc(C2C3=CCC4C(=O)N(c5ccc(N6CCOCC6)cc5)C(=O)C4C3CC3C(=O)C(c4ccccc4)=CC(=O)C32c2ccccc2)c1O. The largest absolute Gasteiger partial charge is 0.507 e. The minimum atomic E-state index is -1.39. The number of aryl methyl sites for hydroxylation is 1. The van der Waals surface area contributed by atoms with Gasteiger partial charge >= 0.3 is 0 Å². The third kappa shape index (κ3) is 4.99. The van der Waals surface area contributed by atoms with E-state index < -0.39 is 35.0 Å². The Balaban J connectivity index is 1.19. The molecule has 0 aromatic heterocycles. The smallest absolute Gasteiger partial charge is 0.238 e. The van der Waals surface area contributed by atoms with Crippen LogP contribution in [0.5, 0.6) is 5.75 Å². The summed E-state index contributed by atoms with van der Waals surface area (Å²) in [5.41, 5.74) is 3.84. The maximum atomic E-state index is 15.2. The number of phenolic OH excluding ortho intramolecular Hbond substituents is 1. The van der Waals surface area contributed by atoms with Crippen LogP contribution in [-0.2, 0) is 29.3 Å². The number of allylic oxidation sites excluding steroid dienone is 4. The van der Waals surface area contributed by atoms with Crippen molar-refractivity contribution >= 4 is 40.3 Å². The lowest BCUT2D eigenvalue weighted by molar-refractivity contribution is -0.135. The number of Topliss-reactive ketones (excluding diaryl/α,β-unsaturated/α-hetero) is 1. The first-order chi connectivity index (χ1) is 25.8. The number of aromatic hydroxyl groups is 1. The van der Waals surface area contributed by atoms with Crippen LogP contribution in [0.15, 0.2) is 121 Å². The fourth-order valence-electron chi connectivity index (χ4n) is 10.0. The first-order valence-corrected chi connectivity index (χ1v) is 18.5. The number of anilines is 2. The molecule has 2 aliphatic heterocycles. The third-order valence-electron chi connectivity index (χ3n) is 12.4. The van der Waals surface area contributed by atoms with Crippen molar-refractivity contribution in [1.29, 1.82) is 0 Å². The monoisotopic (exact) mass is 704 g/mol. The van der Waals surface area contributed by atoms with Crippen LogP contribution in [0.25, 0.3) is 5.57 Å². The summed E-state index contributed by atoms with van der Waals surface area (Å²) in [7, 11) is 0. The number of benzene rings is 4. The highest BCUT2D eigenvalue weighted by molar-refractivity contribution is 6.32. The van der Waals surface area contributed by atoms with Crippen molar-refractivity contribution in [2.75, 3.05) is 36.1 Å². The van der Waals surface area contributed by atoms with Gasteiger partial charge in [-0.1, -0.05) is 90.5 Å². The summed E-state index contributed by atoms with van der Waals surface area (Å²) in [6.45, 7) is 4.66. The molecule has 0 radical (unpaired) electrons. The average Bonchev–Trinajstić information content (AvgIpc) is 3.46. The van der Waals surface area contributed by atoms with E-state index in [1.807, 2.05) is 116 Å². The lowest BCUT2D eigenvalue weighted by atomic mass is 9.44. The number of ketones is 2. The van der Waals surface area contributed by atoms with E-state index in [0.29, 0.717) is 53.1 Å². The van der Waals surface area contributed by atoms with Gasteiger partial charge in [0, 0.05) is 41.7 Å². The molecule has 2 heterocycles. The Bertz CT molecular complexity index is 2200. The summed E-state index contributed by atoms with van der Waals surface area (Å²) in [5, 5.41) is 11.8. The van der Waals surface area contributed by atoms with Gasteiger partial charge in [0.25, 0.3) is 0 Å². The van der Waals surface area contributed by atoms with Gasteiger partial charge in [0.15, 0.2) is 11.6 Å². The van der Waals surface area contributed by atoms with E-state index in [1.54, 1.807) is 0 Å². The molecular formula is C45H40N2O6. The van der Waals surface area contributed by atoms with Gasteiger partial charge in [-0.05, 0) is 72.7 Å². The van der Waals surface area contributed by atoms with Crippen molar-refractivity contribution in [3.8, 4) is 5.75 Å². The fraction of sp³-hybridized carbons (Fsp3) is 0.289. The second-order valence-corrected chi connectivity index (χ2v) is 14.9. The quantitative estimate of drug-likeness (QED) is 0.185. The number of hydrogen-bond donors (Lipinski definition) is 1. The number of fused-ring (bicyclic) bond motifs is 4. The molecule has 4 aromatic carbocycles. The molecule has 6 atom stereocenters. The standard InChI is InChI=1S/C45H40N2O6/c1-27-9-8-14-34(41(27)49)40-32-19-20-33-39(44(52)47(43(33)51)31-17-15-30(16-18-31)46-21-23-53-24-22-46)36(32)25-37-42(50)35(28-10-4-2-5-11-28)26-38(48)45(37,40)29-12-6-3-7-13-29/h2-19,26,33,36-37,39-40,49H,20-25H2,1H3. The molecule has 3 fully saturated rings. The summed E-state index contributed by atoms with van der Waals surface area (Å²) in [4.78, 5) is 62.8. The predicted octanol–water partition coefficient (Wildman–Crippen LogP) is 6.57. The molecule has 1 N–H and O–H groups in total. The number of para-hydroxylation sites is 1. The molecule has 0 bridgehead atoms. The second-order valence-electron chi connectivity index (χ2n) is 14.9. The number of hydrogen-bond acceptors (Lipinski definition) is 7. The molecule has 5 aliphatic rings. The molecule has 1 saturated carbocycles. The first-order valence-electron chi connectivity index (χ1n) is 18.5. The normalized spacial score (nSPS) is 28.2. The Kier molecular flexibility index (Phi) is 8.04. The minimum Gasteiger partial charge on any atom is -0.507 e. The van der Waals surface area contributed by atoms with Crippen LogP contribution < -0.4 is 9.80 Å². The third-order valence-corrected chi connectivity index (χ3v) is 12.4. The number of carbonyl (C=O) groups is 4. The van der Waals surface area contributed by atoms with Gasteiger partial charge in [0.1, 0.15) is 5.75 Å². The highest BCUT2D eigenvalue weighted by Crippen LogP contribution is 2.64. The molecule has 0 spiro atoms. The number of nitrogens with zero attached hydrogens (tertiary/aromatic N) is 2. The molecule has 2 amide bonds. The van der Waals surface area contributed by atoms with E-state index in [4.69, 9.17) is 4.74 Å². The minimum absolute atomic E-state index is 0.0594. The molecule has 8 heteroatoms. The Morgan fingerprint density at radius 3 is 2.15 bits per heavy atom. The molecule has 266 valence electrons. The lowest BCUT2D eigenvalue weighted by Crippen LogP contribution is -2.58. The maximum Gasteiger partial charge on any atom is 0.238 e. The topological polar surface area (TPSA) is 104 Å². The van der Waals surface area contributed by atoms with Crippen molar-refractivity contribution in [3.63, 3.8) is 0 Å². The Morgan fingerprint density at radius 1 is 0.755 bits per heavy atom. The van der Waals surface area contributed by atoms with Crippen molar-refractivity contribution in [1.82, 2.24) is 0 Å². The first kappa shape index (κ1) is 33.3. The van der Waals surface area contributed by atoms with Crippen molar-refractivity contribution in [3.05, 3.63) is 143 Å². The van der Waals surface area contributed by atoms with Gasteiger partial charge in [-0.25, -0.2) is 0 Å². The zero-order chi connectivity index (χ0) is 36.4. The molecule has 3 aliphatic carbocycles. The number of amides is 2. The van der Waals surface area contributed by atoms with E-state index in [0.717, 1.165) is 24.4 Å². The molecule has 9 rings (SSSR count). The van der Waals surface area contributed by atoms with E-state index in [2.05, 4.69) is 4.90 Å². The van der Waals surface area contributed by atoms with Crippen LogP contribution in [0.4, 0.5) is 11.4 Å². The van der Waals surface area contributed by atoms with Crippen molar-refractivity contribution in [2.45, 2.75) is 31.1 Å². The number of morpholine rings is 1. The van der Waals surface area contributed by atoms with Gasteiger partial charge < -0.3 is 14.7 Å². The lowest BCUT2D eigenvalue weighted by Gasteiger charge is -2.55. The van der Waals surface area contributed by atoms with E-state index in [9.17, 15) is 14.7 Å².